The number of aryl methyl sites for hydroxylation is 1. The van der Waals surface area contributed by atoms with E-state index in [0.29, 0.717) is 46.4 Å². The molecule has 0 bridgehead atoms. The predicted molar refractivity (Wildman–Crippen MR) is 203 cm³/mol. The van der Waals surface area contributed by atoms with E-state index in [4.69, 9.17) is 45.0 Å². The van der Waals surface area contributed by atoms with E-state index >= 15 is 0 Å². The topological polar surface area (TPSA) is 176 Å². The van der Waals surface area contributed by atoms with Gasteiger partial charge in [-0.05, 0) is 70.8 Å². The number of carbonyl (C=O) groups excluding carboxylic acids is 2. The first kappa shape index (κ1) is 42.7. The fourth-order valence-corrected chi connectivity index (χ4v) is 6.19. The van der Waals surface area contributed by atoms with Crippen molar-refractivity contribution in [3.63, 3.8) is 0 Å². The molecule has 55 heavy (non-hydrogen) atoms. The number of ether oxygens (including phenoxy) is 2. The van der Waals surface area contributed by atoms with Gasteiger partial charge in [0, 0.05) is 29.8 Å². The molecule has 2 heterocycles. The predicted octanol–water partition coefficient (Wildman–Crippen LogP) is 7.44. The molecule has 0 fully saturated rings. The summed E-state index contributed by atoms with van der Waals surface area (Å²) in [5.74, 6) is -0.195. The molecular formula is C40H46N4O10S. The van der Waals surface area contributed by atoms with Crippen LogP contribution in [-0.2, 0) is 56.5 Å². The number of hydrogen-bond acceptors (Lipinski definition) is 14. The van der Waals surface area contributed by atoms with Gasteiger partial charge < -0.3 is 14.0 Å². The van der Waals surface area contributed by atoms with Crippen molar-refractivity contribution in [2.75, 3.05) is 13.2 Å². The Morgan fingerprint density at radius 2 is 1.62 bits per heavy atom. The lowest BCUT2D eigenvalue weighted by molar-refractivity contribution is -0.497. The summed E-state index contributed by atoms with van der Waals surface area (Å²) in [6.07, 6.45) is 11.4. The van der Waals surface area contributed by atoms with Gasteiger partial charge in [-0.3, -0.25) is 20.8 Å². The fraction of sp³-hybridized carbons (Fsp3) is 0.275. The van der Waals surface area contributed by atoms with E-state index in [9.17, 15) is 9.59 Å². The number of allylic oxidation sites excluding steroid dienone is 3. The quantitative estimate of drug-likeness (QED) is 0.0268. The van der Waals surface area contributed by atoms with E-state index in [1.165, 1.54) is 17.4 Å². The maximum Gasteiger partial charge on any atom is 0.338 e. The third-order valence-corrected chi connectivity index (χ3v) is 9.25. The van der Waals surface area contributed by atoms with E-state index in [-0.39, 0.29) is 37.2 Å². The Balaban J connectivity index is 1.53. The molecule has 0 saturated carbocycles. The molecule has 0 amide bonds. The Bertz CT molecular complexity index is 1930. The summed E-state index contributed by atoms with van der Waals surface area (Å²) in [6, 6.07) is 18.0. The van der Waals surface area contributed by atoms with Crippen LogP contribution in [0.1, 0.15) is 70.1 Å². The Kier molecular flexibility index (Phi) is 17.3. The molecule has 4 N–H and O–H groups in total. The zero-order chi connectivity index (χ0) is 39.6. The Labute approximate surface area is 323 Å². The largest absolute Gasteiger partial charge is 0.457 e. The highest BCUT2D eigenvalue weighted by atomic mass is 32.1. The fourth-order valence-electron chi connectivity index (χ4n) is 5.46. The highest BCUT2D eigenvalue weighted by Crippen LogP contribution is 2.22. The molecule has 292 valence electrons. The summed E-state index contributed by atoms with van der Waals surface area (Å²) in [5, 5.41) is 37.0. The van der Waals surface area contributed by atoms with E-state index in [1.54, 1.807) is 67.7 Å². The summed E-state index contributed by atoms with van der Waals surface area (Å²) < 4.78 is 13.4. The lowest BCUT2D eigenvalue weighted by atomic mass is 10.1. The van der Waals surface area contributed by atoms with E-state index in [1.807, 2.05) is 29.6 Å². The van der Waals surface area contributed by atoms with Crippen LogP contribution >= 0.6 is 11.3 Å². The third-order valence-electron chi connectivity index (χ3n) is 8.37. The molecule has 0 aliphatic carbocycles. The summed E-state index contributed by atoms with van der Waals surface area (Å²) in [4.78, 5) is 41.9. The van der Waals surface area contributed by atoms with Crippen molar-refractivity contribution < 1.29 is 49.6 Å². The van der Waals surface area contributed by atoms with E-state index < -0.39 is 11.9 Å². The zero-order valence-corrected chi connectivity index (χ0v) is 31.6. The van der Waals surface area contributed by atoms with Crippen LogP contribution in [0.25, 0.3) is 6.08 Å². The molecule has 0 spiro atoms. The number of hydrogen-bond donors (Lipinski definition) is 4. The van der Waals surface area contributed by atoms with Crippen molar-refractivity contribution in [1.29, 1.82) is 0 Å². The number of aromatic nitrogens is 2. The second kappa shape index (κ2) is 22.3. The van der Waals surface area contributed by atoms with Crippen LogP contribution in [0.15, 0.2) is 114 Å². The van der Waals surface area contributed by atoms with E-state index in [0.717, 1.165) is 41.2 Å². The molecular weight excluding hydrogens is 729 g/mol. The van der Waals surface area contributed by atoms with Gasteiger partial charge >= 0.3 is 11.9 Å². The van der Waals surface area contributed by atoms with Crippen LogP contribution in [0.5, 0.6) is 0 Å². The first-order chi connectivity index (χ1) is 26.6. The second-order valence-corrected chi connectivity index (χ2v) is 13.2. The van der Waals surface area contributed by atoms with E-state index in [2.05, 4.69) is 18.1 Å². The zero-order valence-electron chi connectivity index (χ0n) is 30.7. The molecule has 2 aromatic heterocycles. The normalized spacial score (nSPS) is 12.4. The van der Waals surface area contributed by atoms with Gasteiger partial charge in [0.1, 0.15) is 19.0 Å². The van der Waals surface area contributed by atoms with Crippen LogP contribution in [0.4, 0.5) is 0 Å². The van der Waals surface area contributed by atoms with Gasteiger partial charge in [0.05, 0.1) is 41.4 Å². The monoisotopic (exact) mass is 774 g/mol. The smallest absolute Gasteiger partial charge is 0.338 e. The first-order valence-corrected chi connectivity index (χ1v) is 18.4. The van der Waals surface area contributed by atoms with Crippen LogP contribution in [0.2, 0.25) is 0 Å². The van der Waals surface area contributed by atoms with Crippen molar-refractivity contribution in [2.45, 2.75) is 59.3 Å². The van der Waals surface area contributed by atoms with Gasteiger partial charge in [-0.1, -0.05) is 80.6 Å². The highest BCUT2D eigenvalue weighted by molar-refractivity contribution is 7.09. The number of benzene rings is 2. The number of rotatable bonds is 22. The molecule has 2 aromatic carbocycles. The second-order valence-electron chi connectivity index (χ2n) is 12.1. The SMILES string of the molecule is C=C/C=C(CON(O)O)\C(=C/C)COC(=O)c1ccc(Cn2c(/C=C(\Cc3cccs3)C(=O)OCc3ccccc3CON(O)O)cnc2CCCC)cc1. The average Bonchev–Trinajstić information content (AvgIpc) is 3.84. The number of unbranched alkanes of at least 4 members (excludes halogenated alkanes) is 1. The lowest BCUT2D eigenvalue weighted by Crippen LogP contribution is -2.18. The molecule has 0 radical (unpaired) electrons. The van der Waals surface area contributed by atoms with Crippen LogP contribution < -0.4 is 0 Å². The molecule has 0 aliphatic rings. The van der Waals surface area contributed by atoms with Crippen LogP contribution in [0, 0.1) is 0 Å². The number of esters is 2. The maximum atomic E-state index is 13.7. The molecule has 0 saturated heterocycles. The van der Waals surface area contributed by atoms with Crippen molar-refractivity contribution in [3.8, 4) is 0 Å². The van der Waals surface area contributed by atoms with Crippen LogP contribution in [0.3, 0.4) is 0 Å². The first-order valence-electron chi connectivity index (χ1n) is 17.5. The molecule has 15 heteroatoms. The maximum absolute atomic E-state index is 13.7. The van der Waals surface area contributed by atoms with Gasteiger partial charge in [-0.15, -0.1) is 11.3 Å². The van der Waals surface area contributed by atoms with Gasteiger partial charge in [-0.25, -0.2) is 24.2 Å². The molecule has 0 aliphatic heterocycles. The third kappa shape index (κ3) is 13.6. The Morgan fingerprint density at radius 3 is 2.25 bits per heavy atom. The number of carbonyl (C=O) groups is 2. The minimum atomic E-state index is -0.541. The van der Waals surface area contributed by atoms with Crippen LogP contribution in [-0.4, -0.2) is 66.3 Å². The van der Waals surface area contributed by atoms with Crippen molar-refractivity contribution in [3.05, 3.63) is 152 Å². The highest BCUT2D eigenvalue weighted by Gasteiger charge is 2.18. The lowest BCUT2D eigenvalue weighted by Gasteiger charge is -2.14. The molecule has 4 aromatic rings. The number of imidazole rings is 1. The summed E-state index contributed by atoms with van der Waals surface area (Å²) >= 11 is 1.53. The molecule has 0 unspecified atom stereocenters. The van der Waals surface area contributed by atoms with Crippen molar-refractivity contribution in [1.82, 2.24) is 20.3 Å². The average molecular weight is 775 g/mol. The molecule has 4 rings (SSSR count). The van der Waals surface area contributed by atoms with Gasteiger partial charge in [-0.2, -0.15) is 0 Å². The molecule has 0 atom stereocenters. The van der Waals surface area contributed by atoms with Gasteiger partial charge in [0.15, 0.2) is 0 Å². The Morgan fingerprint density at radius 1 is 0.891 bits per heavy atom. The summed E-state index contributed by atoms with van der Waals surface area (Å²) in [6.45, 7) is 7.49. The number of nitrogens with zero attached hydrogens (tertiary/aromatic N) is 4. The minimum Gasteiger partial charge on any atom is -0.457 e. The molecule has 14 nitrogen and oxygen atoms in total. The standard InChI is InChI=1S/C40H46N4O10S/c1-4-7-15-38-41-23-36(21-35(22-37-14-10-20-55-37)40(46)52-26-33-12-8-9-13-34(33)28-54-44(49)50)42(38)24-29-16-18-31(19-17-29)39(45)51-25-30(6-3)32(11-5-2)27-53-43(47)48/h5-6,8-14,16-21,23,47-50H,2,4,7,15,22,24-28H2,1,3H3/b30-6-,32-11-,35-21+. The summed E-state index contributed by atoms with van der Waals surface area (Å²) in [7, 11) is 0. The Hall–Kier alpha value is -5.07. The van der Waals surface area contributed by atoms with Gasteiger partial charge in [0.2, 0.25) is 0 Å². The summed E-state index contributed by atoms with van der Waals surface area (Å²) in [5.41, 5.74) is 4.80. The van der Waals surface area contributed by atoms with Crippen molar-refractivity contribution >= 4 is 29.4 Å². The number of thiophene rings is 1. The van der Waals surface area contributed by atoms with Crippen molar-refractivity contribution in [2.24, 2.45) is 0 Å². The van der Waals surface area contributed by atoms with Gasteiger partial charge in [0.25, 0.3) is 0 Å². The minimum absolute atomic E-state index is 0.0594.